The van der Waals surface area contributed by atoms with Gasteiger partial charge >= 0.3 is 0 Å². The number of unbranched alkanes of at least 4 members (excludes halogenated alkanes) is 38. The van der Waals surface area contributed by atoms with Crippen molar-refractivity contribution in [3.8, 4) is 0 Å². The lowest BCUT2D eigenvalue weighted by Crippen LogP contribution is -2.60. The summed E-state index contributed by atoms with van der Waals surface area (Å²) in [5.41, 5.74) is 0. The molecule has 1 aliphatic rings. The molecule has 0 aliphatic carbocycles. The number of carbonyl (C=O) groups is 1. The Kier molecular flexibility index (Phi) is 43.0. The molecule has 0 aromatic rings. The largest absolute Gasteiger partial charge is 0.394 e. The van der Waals surface area contributed by atoms with E-state index < -0.39 is 49.5 Å². The minimum atomic E-state index is -1.55. The van der Waals surface area contributed by atoms with Crippen LogP contribution < -0.4 is 5.32 Å². The highest BCUT2D eigenvalue weighted by molar-refractivity contribution is 5.76. The van der Waals surface area contributed by atoms with E-state index >= 15 is 0 Å². The molecule has 1 amide bonds. The minimum absolute atomic E-state index is 0.131. The summed E-state index contributed by atoms with van der Waals surface area (Å²) in [7, 11) is 0. The van der Waals surface area contributed by atoms with Crippen molar-refractivity contribution in [1.82, 2.24) is 5.32 Å². The second-order valence-electron chi connectivity index (χ2n) is 19.7. The number of ether oxygens (including phenoxy) is 2. The molecule has 376 valence electrons. The summed E-state index contributed by atoms with van der Waals surface area (Å²) in [6, 6.07) is -0.712. The van der Waals surface area contributed by atoms with Crippen molar-refractivity contribution in [3.63, 3.8) is 0 Å². The highest BCUT2D eigenvalue weighted by Gasteiger charge is 2.44. The third kappa shape index (κ3) is 35.1. The van der Waals surface area contributed by atoms with Crippen LogP contribution in [0, 0.1) is 0 Å². The average Bonchev–Trinajstić information content (AvgIpc) is 3.28. The lowest BCUT2D eigenvalue weighted by atomic mass is 9.99. The van der Waals surface area contributed by atoms with Gasteiger partial charge in [-0.1, -0.05) is 264 Å². The van der Waals surface area contributed by atoms with Crippen LogP contribution >= 0.6 is 0 Å². The first-order chi connectivity index (χ1) is 30.8. The Labute approximate surface area is 389 Å². The van der Waals surface area contributed by atoms with E-state index in [4.69, 9.17) is 9.47 Å². The average molecular weight is 898 g/mol. The van der Waals surface area contributed by atoms with Gasteiger partial charge in [0, 0.05) is 6.42 Å². The monoisotopic (exact) mass is 898 g/mol. The maximum atomic E-state index is 13.0. The van der Waals surface area contributed by atoms with Gasteiger partial charge in [-0.05, 0) is 12.8 Å². The molecule has 7 atom stereocenters. The molecule has 0 aromatic heterocycles. The minimum Gasteiger partial charge on any atom is -0.394 e. The van der Waals surface area contributed by atoms with Crippen LogP contribution in [0.15, 0.2) is 0 Å². The number of carbonyl (C=O) groups excluding carboxylic acids is 1. The predicted molar refractivity (Wildman–Crippen MR) is 263 cm³/mol. The molecule has 2 unspecified atom stereocenters. The number of nitrogens with one attached hydrogen (secondary N) is 1. The zero-order valence-corrected chi connectivity index (χ0v) is 41.6. The van der Waals surface area contributed by atoms with Crippen molar-refractivity contribution in [3.05, 3.63) is 0 Å². The summed E-state index contributed by atoms with van der Waals surface area (Å²) in [4.78, 5) is 13.0. The molecule has 0 bridgehead atoms. The van der Waals surface area contributed by atoms with E-state index in [2.05, 4.69) is 19.2 Å². The van der Waals surface area contributed by atoms with E-state index in [1.54, 1.807) is 0 Å². The van der Waals surface area contributed by atoms with Gasteiger partial charge in [-0.15, -0.1) is 0 Å². The van der Waals surface area contributed by atoms with Gasteiger partial charge in [-0.3, -0.25) is 4.79 Å². The Bertz CT molecular complexity index is 955. The fourth-order valence-corrected chi connectivity index (χ4v) is 9.28. The summed E-state index contributed by atoms with van der Waals surface area (Å²) in [6.07, 6.45) is 45.5. The van der Waals surface area contributed by atoms with E-state index in [1.807, 2.05) is 0 Å². The van der Waals surface area contributed by atoms with Gasteiger partial charge in [0.05, 0.1) is 25.4 Å². The fourth-order valence-electron chi connectivity index (χ4n) is 9.28. The molecule has 63 heavy (non-hydrogen) atoms. The smallest absolute Gasteiger partial charge is 0.220 e. The van der Waals surface area contributed by atoms with Gasteiger partial charge in [-0.2, -0.15) is 0 Å². The second kappa shape index (κ2) is 45.0. The van der Waals surface area contributed by atoms with Gasteiger partial charge in [0.15, 0.2) is 6.29 Å². The van der Waals surface area contributed by atoms with Crippen LogP contribution in [0.5, 0.6) is 0 Å². The SMILES string of the molecule is CCCCCCCCCCCCCCCCCCCCCCCCCCC(=O)N[C@@H](CO[C@@H]1O[C@H](CO)[C@@H](O)C(O)C1O)[C@H](O)CCCCCCCCCCCCCCCCCC. The first-order valence-electron chi connectivity index (χ1n) is 27.7. The van der Waals surface area contributed by atoms with Crippen LogP contribution in [0.25, 0.3) is 0 Å². The van der Waals surface area contributed by atoms with E-state index in [0.29, 0.717) is 12.8 Å². The standard InChI is InChI=1S/C54H107NO8/c1-3-5-7-9-11-13-15-17-19-21-22-23-24-25-26-27-28-30-32-34-36-38-40-42-44-50(58)55-47(46-62-54-53(61)52(60)51(59)49(45-56)63-54)48(57)43-41-39-37-35-33-31-29-20-18-16-14-12-10-8-6-4-2/h47-49,51-54,56-57,59-61H,3-46H2,1-2H3,(H,55,58)/t47-,48+,49+,51+,52?,53?,54+/m0/s1. The molecule has 6 N–H and O–H groups in total. The highest BCUT2D eigenvalue weighted by atomic mass is 16.7. The van der Waals surface area contributed by atoms with Gasteiger partial charge < -0.3 is 40.3 Å². The van der Waals surface area contributed by atoms with Crippen molar-refractivity contribution in [2.24, 2.45) is 0 Å². The van der Waals surface area contributed by atoms with Crippen LogP contribution in [0.2, 0.25) is 0 Å². The maximum Gasteiger partial charge on any atom is 0.220 e. The molecule has 9 heteroatoms. The van der Waals surface area contributed by atoms with Crippen LogP contribution in [0.3, 0.4) is 0 Å². The van der Waals surface area contributed by atoms with Gasteiger partial charge in [0.2, 0.25) is 5.91 Å². The number of aliphatic hydroxyl groups is 5. The number of hydrogen-bond acceptors (Lipinski definition) is 8. The molecule has 0 radical (unpaired) electrons. The Hall–Kier alpha value is -0.810. The van der Waals surface area contributed by atoms with E-state index in [1.165, 1.54) is 218 Å². The van der Waals surface area contributed by atoms with Crippen molar-refractivity contribution >= 4 is 5.91 Å². The van der Waals surface area contributed by atoms with Crippen LogP contribution in [0.4, 0.5) is 0 Å². The van der Waals surface area contributed by atoms with Gasteiger partial charge in [0.1, 0.15) is 24.4 Å². The fraction of sp³-hybridized carbons (Fsp3) is 0.981. The van der Waals surface area contributed by atoms with Gasteiger partial charge in [0.25, 0.3) is 0 Å². The van der Waals surface area contributed by atoms with Crippen molar-refractivity contribution in [1.29, 1.82) is 0 Å². The molecular formula is C54H107NO8. The Balaban J connectivity index is 2.19. The van der Waals surface area contributed by atoms with E-state index in [0.717, 1.165) is 38.5 Å². The van der Waals surface area contributed by atoms with E-state index in [-0.39, 0.29) is 12.5 Å². The molecule has 1 heterocycles. The molecule has 9 nitrogen and oxygen atoms in total. The number of hydrogen-bond donors (Lipinski definition) is 6. The van der Waals surface area contributed by atoms with Crippen molar-refractivity contribution < 1.29 is 39.8 Å². The molecular weight excluding hydrogens is 791 g/mol. The number of amides is 1. The second-order valence-corrected chi connectivity index (χ2v) is 19.7. The Morgan fingerprint density at radius 3 is 1.13 bits per heavy atom. The first-order valence-corrected chi connectivity index (χ1v) is 27.7. The van der Waals surface area contributed by atoms with Crippen LogP contribution in [-0.2, 0) is 14.3 Å². The van der Waals surface area contributed by atoms with Crippen molar-refractivity contribution in [2.75, 3.05) is 13.2 Å². The molecule has 1 aliphatic heterocycles. The topological polar surface area (TPSA) is 149 Å². The maximum absolute atomic E-state index is 13.0. The number of rotatable bonds is 48. The molecule has 1 fully saturated rings. The summed E-state index contributed by atoms with van der Waals surface area (Å²) in [5.74, 6) is -0.137. The third-order valence-corrected chi connectivity index (χ3v) is 13.7. The summed E-state index contributed by atoms with van der Waals surface area (Å²) in [5, 5.41) is 54.6. The lowest BCUT2D eigenvalue weighted by molar-refractivity contribution is -0.302. The Morgan fingerprint density at radius 1 is 0.476 bits per heavy atom. The van der Waals surface area contributed by atoms with Crippen molar-refractivity contribution in [2.45, 2.75) is 326 Å². The molecule has 0 aromatic carbocycles. The predicted octanol–water partition coefficient (Wildman–Crippen LogP) is 13.1. The summed E-state index contributed by atoms with van der Waals surface area (Å²) < 4.78 is 11.3. The Morgan fingerprint density at radius 2 is 0.794 bits per heavy atom. The van der Waals surface area contributed by atoms with Gasteiger partial charge in [-0.25, -0.2) is 0 Å². The van der Waals surface area contributed by atoms with Crippen LogP contribution in [-0.4, -0.2) is 87.5 Å². The molecule has 1 saturated heterocycles. The molecule has 0 saturated carbocycles. The molecule has 0 spiro atoms. The van der Waals surface area contributed by atoms with Crippen LogP contribution in [0.1, 0.15) is 284 Å². The zero-order chi connectivity index (χ0) is 45.9. The lowest BCUT2D eigenvalue weighted by Gasteiger charge is -2.40. The first kappa shape index (κ1) is 60.2. The highest BCUT2D eigenvalue weighted by Crippen LogP contribution is 2.23. The quantitative estimate of drug-likeness (QED) is 0.0331. The number of aliphatic hydroxyl groups excluding tert-OH is 5. The third-order valence-electron chi connectivity index (χ3n) is 13.7. The summed E-state index contributed by atoms with van der Waals surface area (Å²) in [6.45, 7) is 3.88. The zero-order valence-electron chi connectivity index (χ0n) is 41.6. The van der Waals surface area contributed by atoms with E-state index in [9.17, 15) is 30.3 Å². The summed E-state index contributed by atoms with van der Waals surface area (Å²) >= 11 is 0. The molecule has 1 rings (SSSR count). The normalized spacial score (nSPS) is 20.0.